The maximum absolute atomic E-state index is 5.44. The van der Waals surface area contributed by atoms with E-state index in [0.29, 0.717) is 6.04 Å². The van der Waals surface area contributed by atoms with Crippen LogP contribution < -0.4 is 5.32 Å². The summed E-state index contributed by atoms with van der Waals surface area (Å²) in [6.07, 6.45) is 3.82. The quantitative estimate of drug-likeness (QED) is 0.720. The van der Waals surface area contributed by atoms with E-state index in [0.717, 1.165) is 13.0 Å². The molecular weight excluding hydrogens is 200 g/mol. The van der Waals surface area contributed by atoms with Crippen molar-refractivity contribution >= 4 is 0 Å². The van der Waals surface area contributed by atoms with Crippen LogP contribution in [0.4, 0.5) is 0 Å². The zero-order valence-corrected chi connectivity index (χ0v) is 11.4. The smallest absolute Gasteiger partial charge is 0.0637 e. The molecule has 0 radical (unpaired) electrons. The summed E-state index contributed by atoms with van der Waals surface area (Å²) in [7, 11) is 1.79. The number of nitrogens with one attached hydrogen (secondary N) is 1. The van der Waals surface area contributed by atoms with Gasteiger partial charge in [0, 0.05) is 26.2 Å². The average molecular weight is 228 g/mol. The molecule has 0 aromatic heterocycles. The van der Waals surface area contributed by atoms with Gasteiger partial charge in [-0.1, -0.05) is 0 Å². The van der Waals surface area contributed by atoms with Gasteiger partial charge < -0.3 is 15.0 Å². The van der Waals surface area contributed by atoms with Crippen molar-refractivity contribution in [2.75, 3.05) is 33.3 Å². The number of likely N-dealkylation sites (tertiary alicyclic amines) is 1. The lowest BCUT2D eigenvalue weighted by molar-refractivity contribution is 0.00849. The normalized spacial score (nSPS) is 20.2. The van der Waals surface area contributed by atoms with Crippen molar-refractivity contribution < 1.29 is 4.74 Å². The van der Waals surface area contributed by atoms with Crippen molar-refractivity contribution in [1.82, 2.24) is 10.2 Å². The summed E-state index contributed by atoms with van der Waals surface area (Å²) >= 11 is 0. The van der Waals surface area contributed by atoms with Crippen molar-refractivity contribution in [3.05, 3.63) is 0 Å². The van der Waals surface area contributed by atoms with Crippen LogP contribution in [0, 0.1) is 0 Å². The van der Waals surface area contributed by atoms with Crippen molar-refractivity contribution in [3.63, 3.8) is 0 Å². The fourth-order valence-corrected chi connectivity index (χ4v) is 2.37. The summed E-state index contributed by atoms with van der Waals surface area (Å²) in [5.41, 5.74) is -0.0138. The zero-order chi connectivity index (χ0) is 12.0. The summed E-state index contributed by atoms with van der Waals surface area (Å²) in [6.45, 7) is 11.4. The van der Waals surface area contributed by atoms with E-state index >= 15 is 0 Å². The van der Waals surface area contributed by atoms with Crippen LogP contribution >= 0.6 is 0 Å². The fourth-order valence-electron chi connectivity index (χ4n) is 2.37. The molecule has 1 heterocycles. The van der Waals surface area contributed by atoms with Crippen LogP contribution in [0.15, 0.2) is 0 Å². The molecule has 96 valence electrons. The van der Waals surface area contributed by atoms with E-state index < -0.39 is 0 Å². The molecule has 1 N–H and O–H groups in total. The predicted octanol–water partition coefficient (Wildman–Crippen LogP) is 1.88. The van der Waals surface area contributed by atoms with Gasteiger partial charge in [-0.15, -0.1) is 0 Å². The van der Waals surface area contributed by atoms with Gasteiger partial charge in [0.1, 0.15) is 0 Å². The molecule has 0 bridgehead atoms. The summed E-state index contributed by atoms with van der Waals surface area (Å²) in [5, 5.41) is 3.58. The lowest BCUT2D eigenvalue weighted by atomic mass is 10.00. The number of rotatable bonds is 7. The molecule has 0 amide bonds. The summed E-state index contributed by atoms with van der Waals surface area (Å²) in [5.74, 6) is 0. The van der Waals surface area contributed by atoms with Gasteiger partial charge in [-0.2, -0.15) is 0 Å². The van der Waals surface area contributed by atoms with Crippen LogP contribution in [0.3, 0.4) is 0 Å². The minimum atomic E-state index is -0.0138. The molecule has 0 aliphatic carbocycles. The number of hydrogen-bond acceptors (Lipinski definition) is 3. The molecule has 0 aromatic rings. The Bertz CT molecular complexity index is 188. The Labute approximate surface area is 101 Å². The third-order valence-corrected chi connectivity index (χ3v) is 3.47. The zero-order valence-electron chi connectivity index (χ0n) is 11.4. The summed E-state index contributed by atoms with van der Waals surface area (Å²) < 4.78 is 5.44. The predicted molar refractivity (Wildman–Crippen MR) is 68.8 cm³/mol. The van der Waals surface area contributed by atoms with Crippen molar-refractivity contribution in [2.45, 2.75) is 51.7 Å². The Balaban J connectivity index is 2.07. The van der Waals surface area contributed by atoms with Crippen molar-refractivity contribution in [3.8, 4) is 0 Å². The molecule has 1 unspecified atom stereocenters. The summed E-state index contributed by atoms with van der Waals surface area (Å²) in [4.78, 5) is 2.54. The molecule has 0 saturated carbocycles. The second kappa shape index (κ2) is 6.58. The van der Waals surface area contributed by atoms with Crippen LogP contribution in [0.25, 0.3) is 0 Å². The van der Waals surface area contributed by atoms with E-state index in [-0.39, 0.29) is 5.60 Å². The van der Waals surface area contributed by atoms with Crippen molar-refractivity contribution in [2.24, 2.45) is 0 Å². The molecule has 16 heavy (non-hydrogen) atoms. The van der Waals surface area contributed by atoms with Crippen LogP contribution in [-0.2, 0) is 4.74 Å². The third kappa shape index (κ3) is 5.28. The third-order valence-electron chi connectivity index (χ3n) is 3.47. The number of nitrogens with zero attached hydrogens (tertiary/aromatic N) is 1. The Morgan fingerprint density at radius 1 is 1.31 bits per heavy atom. The summed E-state index contributed by atoms with van der Waals surface area (Å²) in [6, 6.07) is 0.526. The molecule has 3 heteroatoms. The molecule has 3 nitrogen and oxygen atoms in total. The lowest BCUT2D eigenvalue weighted by Gasteiger charge is -2.27. The minimum absolute atomic E-state index is 0.0138. The first-order valence-corrected chi connectivity index (χ1v) is 6.54. The van der Waals surface area contributed by atoms with E-state index in [1.165, 1.54) is 32.5 Å². The molecule has 0 spiro atoms. The SMILES string of the molecule is COC(C)(C)CC(C)NCCN1CCCC1. The standard InChI is InChI=1S/C13H28N2O/c1-12(11-13(2,3)16-4)14-7-10-15-8-5-6-9-15/h12,14H,5-11H2,1-4H3. The van der Waals surface area contributed by atoms with E-state index in [1.807, 2.05) is 0 Å². The van der Waals surface area contributed by atoms with Crippen LogP contribution in [-0.4, -0.2) is 49.8 Å². The maximum Gasteiger partial charge on any atom is 0.0637 e. The van der Waals surface area contributed by atoms with E-state index in [9.17, 15) is 0 Å². The highest BCUT2D eigenvalue weighted by atomic mass is 16.5. The van der Waals surface area contributed by atoms with E-state index in [4.69, 9.17) is 4.74 Å². The Hall–Kier alpha value is -0.120. The first-order valence-electron chi connectivity index (χ1n) is 6.54. The second-order valence-corrected chi connectivity index (χ2v) is 5.57. The van der Waals surface area contributed by atoms with Gasteiger partial charge in [0.15, 0.2) is 0 Å². The average Bonchev–Trinajstić information content (AvgIpc) is 2.70. The molecule has 1 saturated heterocycles. The highest BCUT2D eigenvalue weighted by molar-refractivity contribution is 4.76. The minimum Gasteiger partial charge on any atom is -0.379 e. The highest BCUT2D eigenvalue weighted by Gasteiger charge is 2.20. The van der Waals surface area contributed by atoms with Gasteiger partial charge in [0.05, 0.1) is 5.60 Å². The maximum atomic E-state index is 5.44. The fraction of sp³-hybridized carbons (Fsp3) is 1.00. The van der Waals surface area contributed by atoms with E-state index in [1.54, 1.807) is 7.11 Å². The van der Waals surface area contributed by atoms with Crippen LogP contribution in [0.2, 0.25) is 0 Å². The first kappa shape index (κ1) is 13.9. The highest BCUT2D eigenvalue weighted by Crippen LogP contribution is 2.15. The number of methoxy groups -OCH3 is 1. The Morgan fingerprint density at radius 3 is 2.50 bits per heavy atom. The van der Waals surface area contributed by atoms with Crippen molar-refractivity contribution in [1.29, 1.82) is 0 Å². The van der Waals surface area contributed by atoms with Gasteiger partial charge in [0.25, 0.3) is 0 Å². The number of hydrogen-bond donors (Lipinski definition) is 1. The van der Waals surface area contributed by atoms with Crippen LogP contribution in [0.1, 0.15) is 40.0 Å². The second-order valence-electron chi connectivity index (χ2n) is 5.57. The molecule has 1 aliphatic rings. The molecule has 1 atom stereocenters. The Kier molecular flexibility index (Phi) is 5.73. The van der Waals surface area contributed by atoms with Gasteiger partial charge in [-0.3, -0.25) is 0 Å². The molecule has 1 aliphatic heterocycles. The van der Waals surface area contributed by atoms with Gasteiger partial charge >= 0.3 is 0 Å². The number of ether oxygens (including phenoxy) is 1. The largest absolute Gasteiger partial charge is 0.379 e. The Morgan fingerprint density at radius 2 is 1.94 bits per heavy atom. The monoisotopic (exact) mass is 228 g/mol. The molecule has 1 fully saturated rings. The molecular formula is C13H28N2O. The van der Waals surface area contributed by atoms with Crippen LogP contribution in [0.5, 0.6) is 0 Å². The van der Waals surface area contributed by atoms with Gasteiger partial charge in [-0.05, 0) is 53.1 Å². The topological polar surface area (TPSA) is 24.5 Å². The van der Waals surface area contributed by atoms with Gasteiger partial charge in [0.2, 0.25) is 0 Å². The van der Waals surface area contributed by atoms with Gasteiger partial charge in [-0.25, -0.2) is 0 Å². The lowest BCUT2D eigenvalue weighted by Crippen LogP contribution is -2.39. The first-order chi connectivity index (χ1) is 7.53. The molecule has 1 rings (SSSR count). The van der Waals surface area contributed by atoms with E-state index in [2.05, 4.69) is 31.0 Å². The molecule has 0 aromatic carbocycles.